The normalized spacial score (nSPS) is 10.6. The Morgan fingerprint density at radius 2 is 2.11 bits per heavy atom. The van der Waals surface area contributed by atoms with Crippen LogP contribution in [0.3, 0.4) is 0 Å². The Labute approximate surface area is 115 Å². The summed E-state index contributed by atoms with van der Waals surface area (Å²) in [4.78, 5) is 4.55. The van der Waals surface area contributed by atoms with Crippen LogP contribution in [0.5, 0.6) is 5.75 Å². The molecule has 0 aliphatic carbocycles. The molecule has 96 valence electrons. The van der Waals surface area contributed by atoms with Gasteiger partial charge in [0.1, 0.15) is 17.4 Å². The van der Waals surface area contributed by atoms with E-state index >= 15 is 0 Å². The molecule has 0 bridgehead atoms. The maximum absolute atomic E-state index is 5.67. The van der Waals surface area contributed by atoms with Gasteiger partial charge in [-0.05, 0) is 12.1 Å². The van der Waals surface area contributed by atoms with Crippen molar-refractivity contribution in [3.05, 3.63) is 53.8 Å². The van der Waals surface area contributed by atoms with E-state index in [1.807, 2.05) is 55.2 Å². The zero-order chi connectivity index (χ0) is 13.1. The zero-order valence-corrected chi connectivity index (χ0v) is 11.3. The third-order valence-electron chi connectivity index (χ3n) is 2.63. The van der Waals surface area contributed by atoms with Crippen molar-refractivity contribution in [3.8, 4) is 16.3 Å². The van der Waals surface area contributed by atoms with Crippen molar-refractivity contribution in [1.29, 1.82) is 0 Å². The van der Waals surface area contributed by atoms with Crippen LogP contribution >= 0.6 is 11.3 Å². The van der Waals surface area contributed by atoms with Crippen LogP contribution < -0.4 is 4.74 Å². The van der Waals surface area contributed by atoms with E-state index in [1.54, 1.807) is 16.0 Å². The van der Waals surface area contributed by atoms with Crippen LogP contribution in [0.1, 0.15) is 5.69 Å². The van der Waals surface area contributed by atoms with Gasteiger partial charge in [0.25, 0.3) is 0 Å². The average molecular weight is 271 g/mol. The molecule has 5 heteroatoms. The summed E-state index contributed by atoms with van der Waals surface area (Å²) < 4.78 is 7.44. The van der Waals surface area contributed by atoms with Crippen molar-refractivity contribution in [1.82, 2.24) is 14.8 Å². The molecule has 4 nitrogen and oxygen atoms in total. The summed E-state index contributed by atoms with van der Waals surface area (Å²) in [6.45, 7) is 0.487. The molecule has 0 saturated heterocycles. The second kappa shape index (κ2) is 5.24. The minimum atomic E-state index is 0.487. The topological polar surface area (TPSA) is 39.9 Å². The lowest BCUT2D eigenvalue weighted by molar-refractivity contribution is 0.302. The van der Waals surface area contributed by atoms with Crippen molar-refractivity contribution in [3.63, 3.8) is 0 Å². The largest absolute Gasteiger partial charge is 0.487 e. The average Bonchev–Trinajstić information content (AvgIpc) is 3.06. The highest BCUT2D eigenvalue weighted by molar-refractivity contribution is 7.13. The van der Waals surface area contributed by atoms with E-state index in [2.05, 4.69) is 10.1 Å². The van der Waals surface area contributed by atoms with Crippen LogP contribution in [0, 0.1) is 0 Å². The molecule has 3 rings (SSSR count). The van der Waals surface area contributed by atoms with Gasteiger partial charge in [0, 0.05) is 24.2 Å². The quantitative estimate of drug-likeness (QED) is 0.732. The lowest BCUT2D eigenvalue weighted by Crippen LogP contribution is -1.95. The van der Waals surface area contributed by atoms with E-state index in [-0.39, 0.29) is 0 Å². The van der Waals surface area contributed by atoms with E-state index in [1.165, 1.54) is 0 Å². The number of rotatable bonds is 4. The molecular formula is C14H13N3OS. The van der Waals surface area contributed by atoms with Gasteiger partial charge in [0.05, 0.1) is 11.9 Å². The fraction of sp³-hybridized carbons (Fsp3) is 0.143. The van der Waals surface area contributed by atoms with Crippen LogP contribution in [-0.4, -0.2) is 14.8 Å². The van der Waals surface area contributed by atoms with Gasteiger partial charge in [-0.1, -0.05) is 18.2 Å². The number of hydrogen-bond acceptors (Lipinski definition) is 4. The molecule has 0 N–H and O–H groups in total. The van der Waals surface area contributed by atoms with E-state index in [9.17, 15) is 0 Å². The number of thiazole rings is 1. The maximum Gasteiger partial charge on any atom is 0.131 e. The predicted molar refractivity (Wildman–Crippen MR) is 75.1 cm³/mol. The van der Waals surface area contributed by atoms with Crippen molar-refractivity contribution < 1.29 is 4.74 Å². The minimum Gasteiger partial charge on any atom is -0.487 e. The Hall–Kier alpha value is -2.14. The Bertz CT molecular complexity index is 660. The van der Waals surface area contributed by atoms with Gasteiger partial charge in [-0.2, -0.15) is 5.10 Å². The second-order valence-corrected chi connectivity index (χ2v) is 5.01. The van der Waals surface area contributed by atoms with Gasteiger partial charge in [-0.15, -0.1) is 11.3 Å². The lowest BCUT2D eigenvalue weighted by Gasteiger charge is -2.02. The Balaban J connectivity index is 1.68. The van der Waals surface area contributed by atoms with Crippen molar-refractivity contribution in [2.75, 3.05) is 0 Å². The molecule has 0 radical (unpaired) electrons. The highest BCUT2D eigenvalue weighted by Crippen LogP contribution is 2.23. The first-order valence-electron chi connectivity index (χ1n) is 5.92. The summed E-state index contributed by atoms with van der Waals surface area (Å²) in [6.07, 6.45) is 3.78. The molecular weight excluding hydrogens is 258 g/mol. The maximum atomic E-state index is 5.67. The predicted octanol–water partition coefficient (Wildman–Crippen LogP) is 3.12. The van der Waals surface area contributed by atoms with Crippen LogP contribution in [0.25, 0.3) is 10.6 Å². The number of para-hydroxylation sites is 1. The van der Waals surface area contributed by atoms with Crippen LogP contribution in [0.15, 0.2) is 48.1 Å². The summed E-state index contributed by atoms with van der Waals surface area (Å²) in [7, 11) is 1.90. The number of nitrogens with zero attached hydrogens (tertiary/aromatic N) is 3. The third kappa shape index (κ3) is 2.82. The monoisotopic (exact) mass is 271 g/mol. The van der Waals surface area contributed by atoms with Gasteiger partial charge in [-0.3, -0.25) is 4.68 Å². The molecule has 1 aromatic carbocycles. The van der Waals surface area contributed by atoms with Gasteiger partial charge in [0.2, 0.25) is 0 Å². The Morgan fingerprint density at radius 1 is 1.26 bits per heavy atom. The Kier molecular flexibility index (Phi) is 3.29. The number of hydrogen-bond donors (Lipinski definition) is 0. The number of aromatic nitrogens is 3. The summed E-state index contributed by atoms with van der Waals surface area (Å²) >= 11 is 1.61. The minimum absolute atomic E-state index is 0.487. The van der Waals surface area contributed by atoms with Crippen LogP contribution in [0.2, 0.25) is 0 Å². The summed E-state index contributed by atoms with van der Waals surface area (Å²) in [6, 6.07) is 9.76. The van der Waals surface area contributed by atoms with Gasteiger partial charge < -0.3 is 4.74 Å². The third-order valence-corrected chi connectivity index (χ3v) is 3.57. The SMILES string of the molecule is Cn1cc(-c2nc(COc3ccccc3)cs2)cn1. The molecule has 0 fully saturated rings. The van der Waals surface area contributed by atoms with Crippen LogP contribution in [0.4, 0.5) is 0 Å². The second-order valence-electron chi connectivity index (χ2n) is 4.15. The summed E-state index contributed by atoms with van der Waals surface area (Å²) in [5.74, 6) is 0.860. The standard InChI is InChI=1S/C14H13N3OS/c1-17-8-11(7-15-17)14-16-12(10-19-14)9-18-13-5-3-2-4-6-13/h2-8,10H,9H2,1H3. The smallest absolute Gasteiger partial charge is 0.131 e. The first-order chi connectivity index (χ1) is 9.31. The number of benzene rings is 1. The number of aryl methyl sites for hydroxylation is 1. The molecule has 0 amide bonds. The highest BCUT2D eigenvalue weighted by Gasteiger charge is 2.07. The number of ether oxygens (including phenoxy) is 1. The lowest BCUT2D eigenvalue weighted by atomic mass is 10.3. The molecule has 0 saturated carbocycles. The van der Waals surface area contributed by atoms with Crippen molar-refractivity contribution >= 4 is 11.3 Å². The molecule has 0 unspecified atom stereocenters. The van der Waals surface area contributed by atoms with Crippen LogP contribution in [-0.2, 0) is 13.7 Å². The van der Waals surface area contributed by atoms with Gasteiger partial charge in [-0.25, -0.2) is 4.98 Å². The molecule has 19 heavy (non-hydrogen) atoms. The fourth-order valence-electron chi connectivity index (χ4n) is 1.71. The molecule has 0 spiro atoms. The summed E-state index contributed by atoms with van der Waals surface area (Å²) in [5.41, 5.74) is 1.98. The van der Waals surface area contributed by atoms with Crippen molar-refractivity contribution in [2.24, 2.45) is 7.05 Å². The molecule has 0 aliphatic heterocycles. The first kappa shape index (κ1) is 11.9. The van der Waals surface area contributed by atoms with Crippen molar-refractivity contribution in [2.45, 2.75) is 6.61 Å². The summed E-state index contributed by atoms with van der Waals surface area (Å²) in [5, 5.41) is 7.14. The molecule has 0 aliphatic rings. The highest BCUT2D eigenvalue weighted by atomic mass is 32.1. The fourth-order valence-corrected chi connectivity index (χ4v) is 2.49. The van der Waals surface area contributed by atoms with E-state index in [0.29, 0.717) is 6.61 Å². The van der Waals surface area contributed by atoms with Gasteiger partial charge >= 0.3 is 0 Å². The van der Waals surface area contributed by atoms with E-state index in [4.69, 9.17) is 4.74 Å². The zero-order valence-electron chi connectivity index (χ0n) is 10.5. The molecule has 2 heterocycles. The van der Waals surface area contributed by atoms with Gasteiger partial charge in [0.15, 0.2) is 0 Å². The van der Waals surface area contributed by atoms with E-state index in [0.717, 1.165) is 22.0 Å². The molecule has 0 atom stereocenters. The molecule has 3 aromatic rings. The Morgan fingerprint density at radius 3 is 2.84 bits per heavy atom. The first-order valence-corrected chi connectivity index (χ1v) is 6.80. The van der Waals surface area contributed by atoms with E-state index < -0.39 is 0 Å². The molecule has 2 aromatic heterocycles.